The summed E-state index contributed by atoms with van der Waals surface area (Å²) in [7, 11) is 0. The van der Waals surface area contributed by atoms with Gasteiger partial charge in [-0.3, -0.25) is 29.7 Å². The van der Waals surface area contributed by atoms with Crippen molar-refractivity contribution in [2.75, 3.05) is 31.6 Å². The molecule has 0 saturated carbocycles. The van der Waals surface area contributed by atoms with E-state index in [2.05, 4.69) is 47.3 Å². The molecule has 0 spiro atoms. The normalized spacial score (nSPS) is 13.5. The van der Waals surface area contributed by atoms with Crippen molar-refractivity contribution in [2.45, 2.75) is 39.0 Å². The summed E-state index contributed by atoms with van der Waals surface area (Å²) in [5.74, 6) is 0.103. The lowest BCUT2D eigenvalue weighted by atomic mass is 10.0. The second kappa shape index (κ2) is 13.1. The highest BCUT2D eigenvalue weighted by Crippen LogP contribution is 2.36. The van der Waals surface area contributed by atoms with Crippen molar-refractivity contribution in [3.05, 3.63) is 73.2 Å². The van der Waals surface area contributed by atoms with Crippen molar-refractivity contribution in [1.82, 2.24) is 35.0 Å². The summed E-state index contributed by atoms with van der Waals surface area (Å²) in [4.78, 5) is 31.5. The van der Waals surface area contributed by atoms with Crippen LogP contribution in [0.2, 0.25) is 0 Å². The number of rotatable bonds is 11. The van der Waals surface area contributed by atoms with Gasteiger partial charge in [0.1, 0.15) is 23.9 Å². The van der Waals surface area contributed by atoms with Gasteiger partial charge in [0.05, 0.1) is 46.7 Å². The Bertz CT molecular complexity index is 2010. The highest BCUT2D eigenvalue weighted by atomic mass is 19.1. The van der Waals surface area contributed by atoms with Gasteiger partial charge < -0.3 is 15.0 Å². The lowest BCUT2D eigenvalue weighted by Crippen LogP contribution is -2.25. The first kappa shape index (κ1) is 29.5. The number of halogens is 1. The van der Waals surface area contributed by atoms with E-state index < -0.39 is 0 Å². The number of carbonyl (C=O) groups excluding carboxylic acids is 1. The Labute approximate surface area is 265 Å². The number of pyridine rings is 3. The van der Waals surface area contributed by atoms with Crippen LogP contribution in [0.4, 0.5) is 10.1 Å². The zero-order valence-electron chi connectivity index (χ0n) is 25.6. The van der Waals surface area contributed by atoms with Crippen molar-refractivity contribution >= 4 is 33.4 Å². The average Bonchev–Trinajstić information content (AvgIpc) is 3.83. The minimum atomic E-state index is -0.362. The number of amides is 1. The molecule has 0 unspecified atom stereocenters. The van der Waals surface area contributed by atoms with Gasteiger partial charge in [-0.2, -0.15) is 5.10 Å². The molecule has 7 rings (SSSR count). The van der Waals surface area contributed by atoms with Crippen LogP contribution in [0, 0.1) is 5.82 Å². The lowest BCUT2D eigenvalue weighted by molar-refractivity contribution is -0.116. The second-order valence-corrected chi connectivity index (χ2v) is 11.7. The summed E-state index contributed by atoms with van der Waals surface area (Å²) >= 11 is 0. The molecule has 1 aromatic carbocycles. The molecule has 0 aliphatic carbocycles. The number of hydrogen-bond acceptors (Lipinski definition) is 7. The Morgan fingerprint density at radius 1 is 0.957 bits per heavy atom. The molecule has 1 saturated heterocycles. The average molecular weight is 619 g/mol. The van der Waals surface area contributed by atoms with Gasteiger partial charge in [-0.1, -0.05) is 13.3 Å². The highest BCUT2D eigenvalue weighted by Gasteiger charge is 2.17. The maximum atomic E-state index is 14.8. The molecule has 11 heteroatoms. The standard InChI is InChI=1S/C35H35FN8O2/c1-2-3-6-34(45)40-25-12-23(17-37-18-25)30-16-28-33(21-39-30)42-43-35(28)31-15-27-29(19-38-20-32(27)41-31)22-11-24(36)14-26(13-22)46-10-9-44-7-4-5-8-44/h11-21,41H,2-10H2,1H3,(H,40,45)(H,42,43). The molecule has 234 valence electrons. The quantitative estimate of drug-likeness (QED) is 0.143. The number of anilines is 1. The fourth-order valence-electron chi connectivity index (χ4n) is 6.00. The first-order chi connectivity index (χ1) is 22.5. The third kappa shape index (κ3) is 6.32. The first-order valence-corrected chi connectivity index (χ1v) is 15.8. The van der Waals surface area contributed by atoms with Crippen LogP contribution in [0.25, 0.3) is 55.6 Å². The molecule has 5 aromatic heterocycles. The van der Waals surface area contributed by atoms with E-state index >= 15 is 0 Å². The third-order valence-corrected chi connectivity index (χ3v) is 8.38. The molecule has 0 radical (unpaired) electrons. The van der Waals surface area contributed by atoms with E-state index in [0.717, 1.165) is 71.1 Å². The number of carbonyl (C=O) groups is 1. The SMILES string of the molecule is CCCCC(=O)Nc1cncc(-c2cc3c(-c4cc5c(-c6cc(F)cc(OCCN7CCCC7)c6)cncc5[nH]4)n[nH]c3cn2)c1. The largest absolute Gasteiger partial charge is 0.492 e. The summed E-state index contributed by atoms with van der Waals surface area (Å²) in [6.07, 6.45) is 13.3. The molecule has 3 N–H and O–H groups in total. The van der Waals surface area contributed by atoms with Gasteiger partial charge in [-0.25, -0.2) is 4.39 Å². The molecule has 0 bridgehead atoms. The molecule has 46 heavy (non-hydrogen) atoms. The zero-order chi connectivity index (χ0) is 31.5. The number of hydrogen-bond donors (Lipinski definition) is 3. The number of nitrogens with zero attached hydrogens (tertiary/aromatic N) is 5. The smallest absolute Gasteiger partial charge is 0.224 e. The van der Waals surface area contributed by atoms with E-state index in [1.165, 1.54) is 25.0 Å². The number of unbranched alkanes of at least 4 members (excludes halogenated alkanes) is 1. The van der Waals surface area contributed by atoms with E-state index in [0.29, 0.717) is 41.4 Å². The van der Waals surface area contributed by atoms with Crippen LogP contribution in [0.5, 0.6) is 5.75 Å². The molecule has 1 aliphatic heterocycles. The molecule has 6 heterocycles. The Hall–Kier alpha value is -5.16. The van der Waals surface area contributed by atoms with Crippen LogP contribution in [0.15, 0.2) is 67.4 Å². The fraction of sp³-hybridized carbons (Fsp3) is 0.286. The van der Waals surface area contributed by atoms with E-state index in [1.54, 1.807) is 31.0 Å². The first-order valence-electron chi connectivity index (χ1n) is 15.8. The van der Waals surface area contributed by atoms with Gasteiger partial charge in [0.15, 0.2) is 0 Å². The van der Waals surface area contributed by atoms with Crippen molar-refractivity contribution < 1.29 is 13.9 Å². The van der Waals surface area contributed by atoms with Gasteiger partial charge in [0, 0.05) is 53.3 Å². The maximum Gasteiger partial charge on any atom is 0.224 e. The number of H-pyrrole nitrogens is 2. The van der Waals surface area contributed by atoms with Gasteiger partial charge in [-0.05, 0) is 68.2 Å². The lowest BCUT2D eigenvalue weighted by Gasteiger charge is -2.15. The number of aromatic amines is 2. The highest BCUT2D eigenvalue weighted by molar-refractivity contribution is 6.01. The van der Waals surface area contributed by atoms with Crippen LogP contribution in [-0.4, -0.2) is 67.2 Å². The third-order valence-electron chi connectivity index (χ3n) is 8.38. The van der Waals surface area contributed by atoms with Crippen LogP contribution in [-0.2, 0) is 4.79 Å². The number of fused-ring (bicyclic) bond motifs is 2. The zero-order valence-corrected chi connectivity index (χ0v) is 25.6. The monoisotopic (exact) mass is 618 g/mol. The number of aromatic nitrogens is 6. The number of benzene rings is 1. The van der Waals surface area contributed by atoms with Gasteiger partial charge in [0.2, 0.25) is 5.91 Å². The summed E-state index contributed by atoms with van der Waals surface area (Å²) in [6.45, 7) is 5.58. The molecule has 0 atom stereocenters. The van der Waals surface area contributed by atoms with Gasteiger partial charge in [0.25, 0.3) is 0 Å². The van der Waals surface area contributed by atoms with E-state index in [4.69, 9.17) is 4.74 Å². The number of nitrogens with one attached hydrogen (secondary N) is 3. The van der Waals surface area contributed by atoms with Crippen molar-refractivity contribution in [3.63, 3.8) is 0 Å². The molecule has 1 aliphatic rings. The summed E-state index contributed by atoms with van der Waals surface area (Å²) < 4.78 is 20.8. The van der Waals surface area contributed by atoms with Crippen molar-refractivity contribution in [1.29, 1.82) is 0 Å². The topological polar surface area (TPSA) is 125 Å². The predicted octanol–water partition coefficient (Wildman–Crippen LogP) is 6.97. The van der Waals surface area contributed by atoms with Crippen molar-refractivity contribution in [3.8, 4) is 39.5 Å². The van der Waals surface area contributed by atoms with Crippen LogP contribution in [0.3, 0.4) is 0 Å². The Morgan fingerprint density at radius 3 is 2.70 bits per heavy atom. The summed E-state index contributed by atoms with van der Waals surface area (Å²) in [6, 6.07) is 10.6. The summed E-state index contributed by atoms with van der Waals surface area (Å²) in [5.41, 5.74) is 6.63. The van der Waals surface area contributed by atoms with Crippen LogP contribution in [0.1, 0.15) is 39.0 Å². The minimum Gasteiger partial charge on any atom is -0.492 e. The Kier molecular flexibility index (Phi) is 8.39. The number of ether oxygens (including phenoxy) is 1. The summed E-state index contributed by atoms with van der Waals surface area (Å²) in [5, 5.41) is 12.4. The number of likely N-dealkylation sites (tertiary alicyclic amines) is 1. The van der Waals surface area contributed by atoms with E-state index in [9.17, 15) is 9.18 Å². The predicted molar refractivity (Wildman–Crippen MR) is 177 cm³/mol. The van der Waals surface area contributed by atoms with Crippen molar-refractivity contribution in [2.24, 2.45) is 0 Å². The Balaban J connectivity index is 1.17. The van der Waals surface area contributed by atoms with E-state index in [1.807, 2.05) is 24.3 Å². The van der Waals surface area contributed by atoms with Gasteiger partial charge >= 0.3 is 0 Å². The van der Waals surface area contributed by atoms with E-state index in [-0.39, 0.29) is 11.7 Å². The fourth-order valence-corrected chi connectivity index (χ4v) is 6.00. The molecular formula is C35H35FN8O2. The molecule has 10 nitrogen and oxygen atoms in total. The molecule has 1 amide bonds. The minimum absolute atomic E-state index is 0.0338. The van der Waals surface area contributed by atoms with Crippen LogP contribution >= 0.6 is 0 Å². The van der Waals surface area contributed by atoms with Crippen LogP contribution < -0.4 is 10.1 Å². The second-order valence-electron chi connectivity index (χ2n) is 11.7. The Morgan fingerprint density at radius 2 is 1.83 bits per heavy atom. The van der Waals surface area contributed by atoms with Gasteiger partial charge in [-0.15, -0.1) is 0 Å². The molecule has 1 fully saturated rings. The maximum absolute atomic E-state index is 14.8. The molecule has 6 aromatic rings. The molecular weight excluding hydrogens is 583 g/mol.